The molecule has 1 fully saturated rings. The number of hydrogen-bond acceptors (Lipinski definition) is 2. The van der Waals surface area contributed by atoms with Crippen molar-refractivity contribution in [1.82, 2.24) is 10.2 Å². The molecule has 118 valence electrons. The molecule has 2 unspecified atom stereocenters. The fourth-order valence-corrected chi connectivity index (χ4v) is 3.57. The van der Waals surface area contributed by atoms with Crippen LogP contribution in [0, 0.1) is 5.92 Å². The summed E-state index contributed by atoms with van der Waals surface area (Å²) in [7, 11) is 2.04. The number of halogens is 1. The van der Waals surface area contributed by atoms with Crippen LogP contribution < -0.4 is 5.32 Å². The Balaban J connectivity index is 1.85. The molecule has 1 aromatic carbocycles. The van der Waals surface area contributed by atoms with Gasteiger partial charge in [-0.1, -0.05) is 37.1 Å². The number of nitrogens with one attached hydrogen (secondary N) is 1. The van der Waals surface area contributed by atoms with Crippen LogP contribution >= 0.6 is 11.6 Å². The number of likely N-dealkylation sites (tertiary alicyclic amines) is 1. The summed E-state index contributed by atoms with van der Waals surface area (Å²) in [6, 6.07) is 8.63. The molecule has 1 aromatic rings. The van der Waals surface area contributed by atoms with Gasteiger partial charge in [0.2, 0.25) is 0 Å². The Labute approximate surface area is 134 Å². The predicted octanol–water partition coefficient (Wildman–Crippen LogP) is 4.50. The third kappa shape index (κ3) is 5.28. The van der Waals surface area contributed by atoms with E-state index in [1.807, 2.05) is 19.2 Å². The minimum atomic E-state index is 0.397. The van der Waals surface area contributed by atoms with Gasteiger partial charge in [-0.3, -0.25) is 0 Å². The van der Waals surface area contributed by atoms with E-state index in [9.17, 15) is 0 Å². The first-order valence-corrected chi connectivity index (χ1v) is 8.75. The molecule has 0 spiro atoms. The lowest BCUT2D eigenvalue weighted by molar-refractivity contribution is 0.264. The molecule has 0 aliphatic carbocycles. The van der Waals surface area contributed by atoms with Crippen LogP contribution in [0.4, 0.5) is 0 Å². The Morgan fingerprint density at radius 3 is 2.90 bits per heavy atom. The molecule has 21 heavy (non-hydrogen) atoms. The summed E-state index contributed by atoms with van der Waals surface area (Å²) in [6.45, 7) is 6.04. The Morgan fingerprint density at radius 2 is 2.19 bits per heavy atom. The maximum Gasteiger partial charge on any atom is 0.0409 e. The number of hydrogen-bond donors (Lipinski definition) is 1. The van der Waals surface area contributed by atoms with E-state index in [1.165, 1.54) is 50.9 Å². The van der Waals surface area contributed by atoms with Gasteiger partial charge < -0.3 is 10.2 Å². The summed E-state index contributed by atoms with van der Waals surface area (Å²) in [6.07, 6.45) is 6.64. The Kier molecular flexibility index (Phi) is 7.01. The summed E-state index contributed by atoms with van der Waals surface area (Å²) >= 11 is 6.11. The van der Waals surface area contributed by atoms with Gasteiger partial charge in [-0.25, -0.2) is 0 Å². The SMILES string of the molecule is CCC1CCCN(CCC(NC)c2cccc(Cl)c2)CC1. The molecule has 1 saturated heterocycles. The second-order valence-corrected chi connectivity index (χ2v) is 6.67. The summed E-state index contributed by atoms with van der Waals surface area (Å²) in [5, 5.41) is 4.26. The standard InChI is InChI=1S/C18H29ClN2/c1-3-15-6-5-11-21(12-9-15)13-10-18(20-2)16-7-4-8-17(19)14-16/h4,7-8,14-15,18,20H,3,5-6,9-13H2,1-2H3. The average Bonchev–Trinajstić information content (AvgIpc) is 2.73. The van der Waals surface area contributed by atoms with Gasteiger partial charge in [-0.15, -0.1) is 0 Å². The lowest BCUT2D eigenvalue weighted by Gasteiger charge is -2.24. The summed E-state index contributed by atoms with van der Waals surface area (Å²) in [5.74, 6) is 0.947. The van der Waals surface area contributed by atoms with E-state index in [0.29, 0.717) is 6.04 Å². The van der Waals surface area contributed by atoms with Crippen LogP contribution in [0.3, 0.4) is 0 Å². The Bertz CT molecular complexity index is 421. The van der Waals surface area contributed by atoms with Crippen molar-refractivity contribution in [2.45, 2.75) is 45.1 Å². The van der Waals surface area contributed by atoms with Crippen molar-refractivity contribution in [1.29, 1.82) is 0 Å². The van der Waals surface area contributed by atoms with Gasteiger partial charge in [0.05, 0.1) is 0 Å². The van der Waals surface area contributed by atoms with E-state index in [4.69, 9.17) is 11.6 Å². The zero-order chi connectivity index (χ0) is 15.1. The van der Waals surface area contributed by atoms with E-state index < -0.39 is 0 Å². The van der Waals surface area contributed by atoms with E-state index in [2.05, 4.69) is 29.3 Å². The molecular formula is C18H29ClN2. The van der Waals surface area contributed by atoms with Crippen molar-refractivity contribution in [2.24, 2.45) is 5.92 Å². The molecule has 0 saturated carbocycles. The molecule has 1 aliphatic heterocycles. The van der Waals surface area contributed by atoms with Crippen molar-refractivity contribution in [2.75, 3.05) is 26.7 Å². The highest BCUT2D eigenvalue weighted by atomic mass is 35.5. The Morgan fingerprint density at radius 1 is 1.33 bits per heavy atom. The largest absolute Gasteiger partial charge is 0.313 e. The van der Waals surface area contributed by atoms with Gasteiger partial charge in [-0.2, -0.15) is 0 Å². The van der Waals surface area contributed by atoms with Gasteiger partial charge in [0.1, 0.15) is 0 Å². The second kappa shape index (κ2) is 8.77. The number of benzene rings is 1. The topological polar surface area (TPSA) is 15.3 Å². The molecule has 0 radical (unpaired) electrons. The first kappa shape index (κ1) is 16.8. The van der Waals surface area contributed by atoms with Crippen LogP contribution in [-0.4, -0.2) is 31.6 Å². The van der Waals surface area contributed by atoms with Gasteiger partial charge in [0, 0.05) is 11.1 Å². The highest BCUT2D eigenvalue weighted by Crippen LogP contribution is 2.23. The van der Waals surface area contributed by atoms with Gasteiger partial charge in [0.25, 0.3) is 0 Å². The summed E-state index contributed by atoms with van der Waals surface area (Å²) in [4.78, 5) is 2.64. The molecule has 2 rings (SSSR count). The van der Waals surface area contributed by atoms with Crippen LogP contribution in [0.25, 0.3) is 0 Å². The molecule has 2 atom stereocenters. The predicted molar refractivity (Wildman–Crippen MR) is 91.9 cm³/mol. The van der Waals surface area contributed by atoms with E-state index >= 15 is 0 Å². The molecule has 0 aromatic heterocycles. The average molecular weight is 309 g/mol. The minimum Gasteiger partial charge on any atom is -0.313 e. The molecule has 0 amide bonds. The van der Waals surface area contributed by atoms with Crippen molar-refractivity contribution < 1.29 is 0 Å². The highest BCUT2D eigenvalue weighted by molar-refractivity contribution is 6.30. The Hall–Kier alpha value is -0.570. The van der Waals surface area contributed by atoms with Crippen LogP contribution in [-0.2, 0) is 0 Å². The molecule has 0 bridgehead atoms. The van der Waals surface area contributed by atoms with Gasteiger partial charge >= 0.3 is 0 Å². The van der Waals surface area contributed by atoms with Crippen LogP contribution in [0.15, 0.2) is 24.3 Å². The minimum absolute atomic E-state index is 0.397. The van der Waals surface area contributed by atoms with Crippen LogP contribution in [0.2, 0.25) is 5.02 Å². The second-order valence-electron chi connectivity index (χ2n) is 6.23. The zero-order valence-electron chi connectivity index (χ0n) is 13.4. The highest BCUT2D eigenvalue weighted by Gasteiger charge is 2.17. The van der Waals surface area contributed by atoms with Crippen LogP contribution in [0.5, 0.6) is 0 Å². The van der Waals surface area contributed by atoms with Crippen molar-refractivity contribution >= 4 is 11.6 Å². The zero-order valence-corrected chi connectivity index (χ0v) is 14.2. The number of nitrogens with zero attached hydrogens (tertiary/aromatic N) is 1. The van der Waals surface area contributed by atoms with Gasteiger partial charge in [-0.05, 0) is 76.0 Å². The maximum absolute atomic E-state index is 6.11. The van der Waals surface area contributed by atoms with Crippen molar-refractivity contribution in [3.05, 3.63) is 34.9 Å². The normalized spacial score (nSPS) is 22.0. The first-order chi connectivity index (χ1) is 10.2. The van der Waals surface area contributed by atoms with Crippen molar-refractivity contribution in [3.8, 4) is 0 Å². The lowest BCUT2D eigenvalue weighted by atomic mass is 9.98. The third-order valence-electron chi connectivity index (χ3n) is 4.85. The molecule has 3 heteroatoms. The first-order valence-electron chi connectivity index (χ1n) is 8.38. The third-order valence-corrected chi connectivity index (χ3v) is 5.09. The summed E-state index contributed by atoms with van der Waals surface area (Å²) < 4.78 is 0. The maximum atomic E-state index is 6.11. The fourth-order valence-electron chi connectivity index (χ4n) is 3.37. The number of rotatable bonds is 6. The molecule has 1 N–H and O–H groups in total. The monoisotopic (exact) mass is 308 g/mol. The molecular weight excluding hydrogens is 280 g/mol. The smallest absolute Gasteiger partial charge is 0.0409 e. The quantitative estimate of drug-likeness (QED) is 0.832. The summed E-state index contributed by atoms with van der Waals surface area (Å²) in [5.41, 5.74) is 1.30. The van der Waals surface area contributed by atoms with Crippen LogP contribution in [0.1, 0.15) is 50.6 Å². The molecule has 1 aliphatic rings. The molecule has 1 heterocycles. The van der Waals surface area contributed by atoms with E-state index in [1.54, 1.807) is 0 Å². The fraction of sp³-hybridized carbons (Fsp3) is 0.667. The molecule has 2 nitrogen and oxygen atoms in total. The van der Waals surface area contributed by atoms with E-state index in [0.717, 1.165) is 17.4 Å². The lowest BCUT2D eigenvalue weighted by Crippen LogP contribution is -2.29. The van der Waals surface area contributed by atoms with Gasteiger partial charge in [0.15, 0.2) is 0 Å². The van der Waals surface area contributed by atoms with Crippen molar-refractivity contribution in [3.63, 3.8) is 0 Å². The van der Waals surface area contributed by atoms with E-state index in [-0.39, 0.29) is 0 Å².